The van der Waals surface area contributed by atoms with Gasteiger partial charge in [-0.25, -0.2) is 14.6 Å². The lowest BCUT2D eigenvalue weighted by atomic mass is 9.87. The van der Waals surface area contributed by atoms with E-state index < -0.39 is 0 Å². The first-order valence-corrected chi connectivity index (χ1v) is 12.8. The monoisotopic (exact) mass is 470 g/mol. The number of anilines is 1. The highest BCUT2D eigenvalue weighted by Gasteiger charge is 2.36. The van der Waals surface area contributed by atoms with Gasteiger partial charge in [0.15, 0.2) is 5.65 Å². The van der Waals surface area contributed by atoms with Crippen molar-refractivity contribution in [2.75, 3.05) is 5.73 Å². The normalized spacial score (nSPS) is 24.0. The number of nitrogens with two attached hydrogens (primary N) is 1. The summed E-state index contributed by atoms with van der Waals surface area (Å²) in [6.07, 6.45) is 10.7. The van der Waals surface area contributed by atoms with Crippen LogP contribution in [0.5, 0.6) is 0 Å². The molecule has 9 heteroatoms. The molecule has 3 fully saturated rings. The summed E-state index contributed by atoms with van der Waals surface area (Å²) in [7, 11) is 0. The highest BCUT2D eigenvalue weighted by atomic mass is 16.5. The molecule has 0 radical (unpaired) electrons. The van der Waals surface area contributed by atoms with Gasteiger partial charge in [-0.15, -0.1) is 0 Å². The van der Waals surface area contributed by atoms with E-state index in [1.807, 2.05) is 4.68 Å². The van der Waals surface area contributed by atoms with Gasteiger partial charge in [-0.05, 0) is 69.9 Å². The lowest BCUT2D eigenvalue weighted by Gasteiger charge is -2.29. The number of nitrogen functional groups attached to an aromatic ring is 1. The maximum atomic E-state index is 6.32. The molecule has 4 aromatic rings. The average Bonchev–Trinajstić information content (AvgIpc) is 3.34. The number of fused-ring (bicyclic) bond motifs is 3. The Labute approximate surface area is 203 Å². The van der Waals surface area contributed by atoms with Crippen LogP contribution in [0.2, 0.25) is 0 Å². The molecule has 2 aliphatic heterocycles. The zero-order valence-corrected chi connectivity index (χ0v) is 20.1. The summed E-state index contributed by atoms with van der Waals surface area (Å²) in [5.74, 6) is 2.23. The summed E-state index contributed by atoms with van der Waals surface area (Å²) in [6.45, 7) is 4.14. The zero-order chi connectivity index (χ0) is 23.7. The fourth-order valence-corrected chi connectivity index (χ4v) is 5.98. The Morgan fingerprint density at radius 1 is 1.00 bits per heavy atom. The summed E-state index contributed by atoms with van der Waals surface area (Å²) in [5, 5.41) is 13.9. The van der Waals surface area contributed by atoms with Crippen molar-refractivity contribution in [2.45, 2.75) is 82.3 Å². The molecular weight excluding hydrogens is 440 g/mol. The van der Waals surface area contributed by atoms with Crippen molar-refractivity contribution in [1.82, 2.24) is 35.2 Å². The fourth-order valence-electron chi connectivity index (χ4n) is 5.98. The minimum absolute atomic E-state index is 0.108. The summed E-state index contributed by atoms with van der Waals surface area (Å²) in [4.78, 5) is 13.7. The van der Waals surface area contributed by atoms with Crippen molar-refractivity contribution in [1.29, 1.82) is 0 Å². The average molecular weight is 471 g/mol. The maximum absolute atomic E-state index is 6.32. The van der Waals surface area contributed by atoms with Crippen molar-refractivity contribution in [3.63, 3.8) is 0 Å². The van der Waals surface area contributed by atoms with Gasteiger partial charge in [-0.3, -0.25) is 4.98 Å². The van der Waals surface area contributed by atoms with Gasteiger partial charge in [0.1, 0.15) is 29.3 Å². The van der Waals surface area contributed by atoms with E-state index in [2.05, 4.69) is 52.6 Å². The van der Waals surface area contributed by atoms with Crippen LogP contribution in [0.25, 0.3) is 33.7 Å². The Hall–Kier alpha value is -3.33. The standard InChI is InChI=1S/C26H30N8O/c1-13(2)34-26-21(25(27)29-12-30-26)22(32-34)23-20(24(35-33-23)14-3-4-14)19-8-5-15(11-28-19)16-9-17-6-7-18(10-16)31-17/h5,8,11-14,16-18,31H,3-4,6-7,9-10H2,1-2H3,(H2,27,29,30)/t16?,17-,18+. The second kappa shape index (κ2) is 7.84. The number of nitrogens with one attached hydrogen (secondary N) is 1. The molecule has 0 aromatic carbocycles. The number of piperidine rings is 1. The minimum atomic E-state index is 0.108. The number of rotatable bonds is 5. The van der Waals surface area contributed by atoms with Crippen LogP contribution in [0.1, 0.15) is 81.6 Å². The molecule has 1 saturated carbocycles. The summed E-state index contributed by atoms with van der Waals surface area (Å²) >= 11 is 0. The number of aromatic nitrogens is 6. The molecule has 3 atom stereocenters. The molecule has 6 heterocycles. The molecule has 180 valence electrons. The van der Waals surface area contributed by atoms with E-state index in [0.29, 0.717) is 52.2 Å². The Bertz CT molecular complexity index is 1390. The molecule has 7 rings (SSSR count). The SMILES string of the molecule is CC(C)n1nc(-c2noc(C3CC3)c2-c2ccc(C3C[C@H]4CC[C@@H](C3)N4)cn2)c2c(N)ncnc21. The van der Waals surface area contributed by atoms with Crippen LogP contribution in [0.15, 0.2) is 29.2 Å². The molecular formula is C26H30N8O. The highest BCUT2D eigenvalue weighted by Crippen LogP contribution is 2.48. The number of pyridine rings is 1. The predicted octanol–water partition coefficient (Wildman–Crippen LogP) is 4.58. The van der Waals surface area contributed by atoms with E-state index in [4.69, 9.17) is 20.3 Å². The van der Waals surface area contributed by atoms with E-state index in [-0.39, 0.29) is 6.04 Å². The zero-order valence-electron chi connectivity index (χ0n) is 20.1. The van der Waals surface area contributed by atoms with E-state index >= 15 is 0 Å². The third-order valence-corrected chi connectivity index (χ3v) is 7.89. The van der Waals surface area contributed by atoms with Gasteiger partial charge in [0.25, 0.3) is 0 Å². The summed E-state index contributed by atoms with van der Waals surface area (Å²) < 4.78 is 7.82. The van der Waals surface area contributed by atoms with Crippen molar-refractivity contribution in [3.05, 3.63) is 36.0 Å². The first-order valence-electron chi connectivity index (χ1n) is 12.8. The Kier molecular flexibility index (Phi) is 4.70. The van der Waals surface area contributed by atoms with Crippen molar-refractivity contribution in [2.24, 2.45) is 0 Å². The van der Waals surface area contributed by atoms with E-state index in [9.17, 15) is 0 Å². The number of nitrogens with zero attached hydrogens (tertiary/aromatic N) is 6. The van der Waals surface area contributed by atoms with Gasteiger partial charge in [0.2, 0.25) is 0 Å². The molecule has 2 saturated heterocycles. The third kappa shape index (κ3) is 3.43. The largest absolute Gasteiger partial charge is 0.383 e. The molecule has 0 amide bonds. The van der Waals surface area contributed by atoms with E-state index in [1.165, 1.54) is 37.6 Å². The van der Waals surface area contributed by atoms with Crippen molar-refractivity contribution < 1.29 is 4.52 Å². The summed E-state index contributed by atoms with van der Waals surface area (Å²) in [5.41, 5.74) is 11.5. The second-order valence-corrected chi connectivity index (χ2v) is 10.7. The molecule has 2 bridgehead atoms. The molecule has 3 N–H and O–H groups in total. The van der Waals surface area contributed by atoms with Crippen molar-refractivity contribution >= 4 is 16.9 Å². The minimum Gasteiger partial charge on any atom is -0.383 e. The van der Waals surface area contributed by atoms with Crippen LogP contribution in [0, 0.1) is 0 Å². The number of hydrogen-bond donors (Lipinski definition) is 2. The third-order valence-electron chi connectivity index (χ3n) is 7.89. The van der Waals surface area contributed by atoms with E-state index in [0.717, 1.165) is 29.9 Å². The second-order valence-electron chi connectivity index (χ2n) is 10.7. The predicted molar refractivity (Wildman–Crippen MR) is 133 cm³/mol. The fraction of sp³-hybridized carbons (Fsp3) is 0.500. The molecule has 1 aliphatic carbocycles. The van der Waals surface area contributed by atoms with Gasteiger partial charge in [-0.1, -0.05) is 11.2 Å². The van der Waals surface area contributed by atoms with Crippen LogP contribution in [0.3, 0.4) is 0 Å². The van der Waals surface area contributed by atoms with Crippen LogP contribution < -0.4 is 11.1 Å². The summed E-state index contributed by atoms with van der Waals surface area (Å²) in [6, 6.07) is 5.79. The van der Waals surface area contributed by atoms with Crippen LogP contribution in [-0.4, -0.2) is 42.0 Å². The molecule has 35 heavy (non-hydrogen) atoms. The van der Waals surface area contributed by atoms with E-state index in [1.54, 1.807) is 0 Å². The smallest absolute Gasteiger partial charge is 0.164 e. The highest BCUT2D eigenvalue weighted by molar-refractivity contribution is 6.00. The van der Waals surface area contributed by atoms with Crippen LogP contribution >= 0.6 is 0 Å². The Balaban J connectivity index is 1.33. The maximum Gasteiger partial charge on any atom is 0.164 e. The first-order chi connectivity index (χ1) is 17.1. The molecule has 3 aliphatic rings. The number of hydrogen-bond acceptors (Lipinski definition) is 8. The first kappa shape index (κ1) is 21.0. The van der Waals surface area contributed by atoms with Gasteiger partial charge < -0.3 is 15.6 Å². The molecule has 9 nitrogen and oxygen atoms in total. The molecule has 0 spiro atoms. The topological polar surface area (TPSA) is 121 Å². The van der Waals surface area contributed by atoms with Crippen molar-refractivity contribution in [3.8, 4) is 22.6 Å². The quantitative estimate of drug-likeness (QED) is 0.435. The lowest BCUT2D eigenvalue weighted by Crippen LogP contribution is -2.37. The molecule has 4 aromatic heterocycles. The van der Waals surface area contributed by atoms with Gasteiger partial charge in [0, 0.05) is 30.2 Å². The van der Waals surface area contributed by atoms with Crippen LogP contribution in [-0.2, 0) is 0 Å². The van der Waals surface area contributed by atoms with Gasteiger partial charge in [0.05, 0.1) is 16.6 Å². The molecule has 1 unspecified atom stereocenters. The van der Waals surface area contributed by atoms with Crippen LogP contribution in [0.4, 0.5) is 5.82 Å². The van der Waals surface area contributed by atoms with Gasteiger partial charge >= 0.3 is 0 Å². The van der Waals surface area contributed by atoms with Gasteiger partial charge in [-0.2, -0.15) is 5.10 Å². The Morgan fingerprint density at radius 3 is 2.49 bits per heavy atom. The Morgan fingerprint density at radius 2 is 1.80 bits per heavy atom. The lowest BCUT2D eigenvalue weighted by molar-refractivity contribution is 0.363.